The molecule has 0 aromatic heterocycles. The van der Waals surface area contributed by atoms with Crippen LogP contribution in [-0.4, -0.2) is 51.7 Å². The predicted molar refractivity (Wildman–Crippen MR) is 96.5 cm³/mol. The highest BCUT2D eigenvalue weighted by atomic mass is 32.2. The fourth-order valence-electron chi connectivity index (χ4n) is 2.95. The molecule has 4 rings (SSSR count). The number of rotatable bonds is 4. The topological polar surface area (TPSA) is 94.2 Å². The molecule has 0 saturated carbocycles. The van der Waals surface area contributed by atoms with Gasteiger partial charge in [-0.1, -0.05) is 0 Å². The van der Waals surface area contributed by atoms with Crippen molar-refractivity contribution in [1.29, 1.82) is 0 Å². The average molecular weight is 408 g/mol. The highest BCUT2D eigenvalue weighted by Crippen LogP contribution is 2.34. The monoisotopic (exact) mass is 408 g/mol. The second-order valence-corrected chi connectivity index (χ2v) is 8.12. The summed E-state index contributed by atoms with van der Waals surface area (Å²) in [6.45, 7) is 1.08. The number of anilines is 1. The number of fused-ring (bicyclic) bond motifs is 1. The summed E-state index contributed by atoms with van der Waals surface area (Å²) >= 11 is 0. The van der Waals surface area contributed by atoms with Crippen molar-refractivity contribution in [3.63, 3.8) is 0 Å². The van der Waals surface area contributed by atoms with Crippen LogP contribution in [0.2, 0.25) is 0 Å². The van der Waals surface area contributed by atoms with E-state index >= 15 is 0 Å². The quantitative estimate of drug-likeness (QED) is 0.830. The maximum absolute atomic E-state index is 14.2. The van der Waals surface area contributed by atoms with Crippen molar-refractivity contribution in [3.8, 4) is 11.5 Å². The molecular weight excluding hydrogens is 391 g/mol. The lowest BCUT2D eigenvalue weighted by Gasteiger charge is -2.26. The van der Waals surface area contributed by atoms with Crippen molar-refractivity contribution in [2.24, 2.45) is 0 Å². The maximum atomic E-state index is 14.2. The summed E-state index contributed by atoms with van der Waals surface area (Å²) in [5.41, 5.74) is 0.00194. The Morgan fingerprint density at radius 2 is 1.79 bits per heavy atom. The van der Waals surface area contributed by atoms with Crippen molar-refractivity contribution in [2.75, 3.05) is 38.4 Å². The Kier molecular flexibility index (Phi) is 4.92. The van der Waals surface area contributed by atoms with E-state index < -0.39 is 21.7 Å². The van der Waals surface area contributed by atoms with Gasteiger partial charge in [-0.15, -0.1) is 0 Å². The second kappa shape index (κ2) is 7.38. The van der Waals surface area contributed by atoms with E-state index in [0.29, 0.717) is 17.2 Å². The van der Waals surface area contributed by atoms with Crippen LogP contribution in [0.5, 0.6) is 11.5 Å². The molecule has 0 radical (unpaired) electrons. The summed E-state index contributed by atoms with van der Waals surface area (Å²) in [5.74, 6) is -0.584. The zero-order chi connectivity index (χ0) is 19.7. The van der Waals surface area contributed by atoms with Crippen LogP contribution in [0.15, 0.2) is 41.3 Å². The summed E-state index contributed by atoms with van der Waals surface area (Å²) in [6, 6.07) is 7.92. The number of morpholine rings is 1. The fourth-order valence-corrected chi connectivity index (χ4v) is 4.38. The highest BCUT2D eigenvalue weighted by molar-refractivity contribution is 7.89. The number of carbonyl (C=O) groups excluding carboxylic acids is 1. The van der Waals surface area contributed by atoms with Crippen molar-refractivity contribution in [2.45, 2.75) is 4.90 Å². The number of nitrogens with one attached hydrogen (secondary N) is 1. The van der Waals surface area contributed by atoms with E-state index in [1.165, 1.54) is 4.31 Å². The predicted octanol–water partition coefficient (Wildman–Crippen LogP) is 1.83. The molecule has 8 nitrogen and oxygen atoms in total. The molecule has 1 fully saturated rings. The number of nitrogens with zero attached hydrogens (tertiary/aromatic N) is 1. The third kappa shape index (κ3) is 3.53. The van der Waals surface area contributed by atoms with Gasteiger partial charge >= 0.3 is 0 Å². The number of sulfonamides is 1. The molecule has 2 heterocycles. The number of carbonyl (C=O) groups is 1. The van der Waals surface area contributed by atoms with Crippen LogP contribution >= 0.6 is 0 Å². The van der Waals surface area contributed by atoms with E-state index in [9.17, 15) is 17.6 Å². The van der Waals surface area contributed by atoms with Gasteiger partial charge in [-0.2, -0.15) is 4.31 Å². The van der Waals surface area contributed by atoms with Crippen LogP contribution in [0.1, 0.15) is 10.4 Å². The minimum Gasteiger partial charge on any atom is -0.454 e. The zero-order valence-electron chi connectivity index (χ0n) is 14.7. The van der Waals surface area contributed by atoms with Crippen LogP contribution in [-0.2, 0) is 14.8 Å². The van der Waals surface area contributed by atoms with Gasteiger partial charge in [0.25, 0.3) is 5.91 Å². The van der Waals surface area contributed by atoms with Crippen molar-refractivity contribution in [1.82, 2.24) is 4.31 Å². The van der Waals surface area contributed by atoms with Crippen molar-refractivity contribution in [3.05, 3.63) is 47.8 Å². The molecule has 0 bridgehead atoms. The molecule has 2 aromatic rings. The van der Waals surface area contributed by atoms with Gasteiger partial charge in [-0.3, -0.25) is 4.79 Å². The van der Waals surface area contributed by atoms with Gasteiger partial charge in [0.1, 0.15) is 5.82 Å². The molecule has 2 aliphatic heterocycles. The molecule has 28 heavy (non-hydrogen) atoms. The van der Waals surface area contributed by atoms with Crippen LogP contribution < -0.4 is 14.8 Å². The third-order valence-corrected chi connectivity index (χ3v) is 6.32. The number of halogens is 1. The van der Waals surface area contributed by atoms with E-state index in [1.54, 1.807) is 18.2 Å². The number of ether oxygens (including phenoxy) is 3. The van der Waals surface area contributed by atoms with Gasteiger partial charge in [-0.25, -0.2) is 12.8 Å². The van der Waals surface area contributed by atoms with Crippen molar-refractivity contribution < 1.29 is 31.8 Å². The smallest absolute Gasteiger partial charge is 0.258 e. The van der Waals surface area contributed by atoms with Gasteiger partial charge in [0.2, 0.25) is 16.8 Å². The Bertz CT molecular complexity index is 1020. The number of hydrogen-bond donors (Lipinski definition) is 1. The first-order chi connectivity index (χ1) is 13.4. The Morgan fingerprint density at radius 1 is 1.04 bits per heavy atom. The highest BCUT2D eigenvalue weighted by Gasteiger charge is 2.28. The summed E-state index contributed by atoms with van der Waals surface area (Å²) < 4.78 is 56.6. The first-order valence-electron chi connectivity index (χ1n) is 8.53. The number of benzene rings is 2. The lowest BCUT2D eigenvalue weighted by molar-refractivity contribution is 0.0730. The normalized spacial score (nSPS) is 16.8. The molecule has 0 spiro atoms. The minimum absolute atomic E-state index is 0.0861. The Morgan fingerprint density at radius 3 is 2.57 bits per heavy atom. The third-order valence-electron chi connectivity index (χ3n) is 4.42. The van der Waals surface area contributed by atoms with Gasteiger partial charge in [0.15, 0.2) is 11.5 Å². The van der Waals surface area contributed by atoms with Crippen LogP contribution in [0.4, 0.5) is 10.1 Å². The lowest BCUT2D eigenvalue weighted by Crippen LogP contribution is -2.40. The molecular formula is C18H17FN2O6S. The number of amides is 1. The van der Waals surface area contributed by atoms with E-state index in [2.05, 4.69) is 5.32 Å². The molecule has 1 N–H and O–H groups in total. The average Bonchev–Trinajstić information content (AvgIpc) is 3.16. The zero-order valence-corrected chi connectivity index (χ0v) is 15.5. The fraction of sp³-hybridized carbons (Fsp3) is 0.278. The lowest BCUT2D eigenvalue weighted by atomic mass is 10.2. The molecule has 2 aliphatic rings. The number of hydrogen-bond acceptors (Lipinski definition) is 6. The molecule has 148 valence electrons. The summed E-state index contributed by atoms with van der Waals surface area (Å²) in [7, 11) is -3.85. The van der Waals surface area contributed by atoms with E-state index in [1.807, 2.05) is 0 Å². The Labute approximate surface area is 160 Å². The first-order valence-corrected chi connectivity index (χ1v) is 9.97. The minimum atomic E-state index is -3.85. The molecule has 0 aliphatic carbocycles. The van der Waals surface area contributed by atoms with Crippen LogP contribution in [0, 0.1) is 5.82 Å². The Balaban J connectivity index is 1.59. The van der Waals surface area contributed by atoms with Crippen LogP contribution in [0.3, 0.4) is 0 Å². The molecule has 2 aromatic carbocycles. The molecule has 10 heteroatoms. The van der Waals surface area contributed by atoms with Gasteiger partial charge in [0, 0.05) is 24.8 Å². The SMILES string of the molecule is O=C(Nc1ccc2c(c1)OCO2)c1cc(S(=O)(=O)N2CCOCC2)ccc1F. The summed E-state index contributed by atoms with van der Waals surface area (Å²) in [6.07, 6.45) is 0. The summed E-state index contributed by atoms with van der Waals surface area (Å²) in [4.78, 5) is 12.4. The van der Waals surface area contributed by atoms with E-state index in [0.717, 1.165) is 18.2 Å². The molecule has 0 atom stereocenters. The maximum Gasteiger partial charge on any atom is 0.258 e. The van der Waals surface area contributed by atoms with Crippen LogP contribution in [0.25, 0.3) is 0 Å². The summed E-state index contributed by atoms with van der Waals surface area (Å²) in [5, 5.41) is 2.54. The van der Waals surface area contributed by atoms with Gasteiger partial charge < -0.3 is 19.5 Å². The van der Waals surface area contributed by atoms with Gasteiger partial charge in [0.05, 0.1) is 23.7 Å². The largest absolute Gasteiger partial charge is 0.454 e. The molecule has 0 unspecified atom stereocenters. The van der Waals surface area contributed by atoms with E-state index in [-0.39, 0.29) is 43.6 Å². The molecule has 1 amide bonds. The Hall–Kier alpha value is -2.69. The second-order valence-electron chi connectivity index (χ2n) is 6.18. The standard InChI is InChI=1S/C18H17FN2O6S/c19-15-3-2-13(28(23,24)21-5-7-25-8-6-21)10-14(15)18(22)20-12-1-4-16-17(9-12)27-11-26-16/h1-4,9-10H,5-8,11H2,(H,20,22). The molecule has 1 saturated heterocycles. The van der Waals surface area contributed by atoms with Gasteiger partial charge in [-0.05, 0) is 30.3 Å². The van der Waals surface area contributed by atoms with Crippen molar-refractivity contribution >= 4 is 21.6 Å². The first kappa shape index (κ1) is 18.7. The van der Waals surface area contributed by atoms with E-state index in [4.69, 9.17) is 14.2 Å².